The molecule has 0 aliphatic carbocycles. The Morgan fingerprint density at radius 1 is 1.47 bits per heavy atom. The number of ether oxygens (including phenoxy) is 1. The van der Waals surface area contributed by atoms with E-state index in [0.717, 1.165) is 17.1 Å². The molecule has 0 amide bonds. The van der Waals surface area contributed by atoms with Crippen LogP contribution in [0.5, 0.6) is 5.75 Å². The number of rotatable bonds is 4. The maximum absolute atomic E-state index is 5.70. The van der Waals surface area contributed by atoms with Crippen molar-refractivity contribution in [1.29, 1.82) is 0 Å². The van der Waals surface area contributed by atoms with E-state index in [1.165, 1.54) is 0 Å². The van der Waals surface area contributed by atoms with Crippen molar-refractivity contribution < 1.29 is 4.74 Å². The Hall–Kier alpha value is -1.16. The lowest BCUT2D eigenvalue weighted by Crippen LogP contribution is -2.07. The van der Waals surface area contributed by atoms with Gasteiger partial charge in [-0.15, -0.1) is 0 Å². The van der Waals surface area contributed by atoms with Gasteiger partial charge >= 0.3 is 0 Å². The maximum Gasteiger partial charge on any atom is 0.154 e. The van der Waals surface area contributed by atoms with Crippen molar-refractivity contribution in [1.82, 2.24) is 0 Å². The minimum Gasteiger partial charge on any atom is -0.496 e. The van der Waals surface area contributed by atoms with Crippen LogP contribution in [0.4, 0.5) is 0 Å². The van der Waals surface area contributed by atoms with Gasteiger partial charge in [-0.1, -0.05) is 36.9 Å². The number of hydrogen-bond acceptors (Lipinski definition) is 3. The fraction of sp³-hybridized carbons (Fsp3) is 0.364. The molecule has 3 nitrogen and oxygen atoms in total. The molecule has 0 fully saturated rings. The van der Waals surface area contributed by atoms with Crippen LogP contribution in [0.3, 0.4) is 0 Å². The molecule has 2 N–H and O–H groups in total. The van der Waals surface area contributed by atoms with Crippen LogP contribution in [0.2, 0.25) is 0 Å². The predicted octanol–water partition coefficient (Wildman–Crippen LogP) is 2.26. The zero-order valence-electron chi connectivity index (χ0n) is 9.06. The quantitative estimate of drug-likeness (QED) is 0.630. The summed E-state index contributed by atoms with van der Waals surface area (Å²) in [6.45, 7) is 2.62. The molecule has 0 unspecified atom stereocenters. The van der Waals surface area contributed by atoms with Gasteiger partial charge in [-0.3, -0.25) is 4.99 Å². The number of nitrogens with two attached hydrogens (primary N) is 1. The summed E-state index contributed by atoms with van der Waals surface area (Å²) in [5.74, 6) is 1.80. The molecular weight excluding hydrogens is 208 g/mol. The number of thioether (sulfide) groups is 1. The van der Waals surface area contributed by atoms with E-state index in [0.29, 0.717) is 11.7 Å². The summed E-state index contributed by atoms with van der Waals surface area (Å²) in [7, 11) is 1.66. The van der Waals surface area contributed by atoms with Gasteiger partial charge in [0.2, 0.25) is 0 Å². The van der Waals surface area contributed by atoms with Crippen LogP contribution < -0.4 is 10.5 Å². The van der Waals surface area contributed by atoms with Crippen LogP contribution in [-0.4, -0.2) is 18.0 Å². The molecule has 0 saturated carbocycles. The molecule has 0 aromatic heterocycles. The Kier molecular flexibility index (Phi) is 5.04. The summed E-state index contributed by atoms with van der Waals surface area (Å²) in [5.41, 5.74) is 6.75. The number of amidine groups is 1. The highest BCUT2D eigenvalue weighted by Crippen LogP contribution is 2.18. The molecule has 82 valence electrons. The Balaban J connectivity index is 2.68. The molecule has 15 heavy (non-hydrogen) atoms. The number of hydrogen-bond donors (Lipinski definition) is 1. The lowest BCUT2D eigenvalue weighted by atomic mass is 10.2. The van der Waals surface area contributed by atoms with E-state index in [2.05, 4.69) is 11.9 Å². The van der Waals surface area contributed by atoms with Crippen molar-refractivity contribution >= 4 is 16.9 Å². The second-order valence-corrected chi connectivity index (χ2v) is 4.18. The first-order valence-electron chi connectivity index (χ1n) is 4.82. The van der Waals surface area contributed by atoms with Gasteiger partial charge in [0.1, 0.15) is 5.75 Å². The minimum atomic E-state index is 0.572. The first kappa shape index (κ1) is 11.9. The summed E-state index contributed by atoms with van der Waals surface area (Å²) in [6, 6.07) is 7.83. The van der Waals surface area contributed by atoms with E-state index in [1.54, 1.807) is 18.9 Å². The van der Waals surface area contributed by atoms with Gasteiger partial charge in [0.15, 0.2) is 5.17 Å². The molecule has 4 heteroatoms. The van der Waals surface area contributed by atoms with Gasteiger partial charge in [0.25, 0.3) is 0 Å². The molecule has 0 spiro atoms. The predicted molar refractivity (Wildman–Crippen MR) is 66.5 cm³/mol. The van der Waals surface area contributed by atoms with Crippen LogP contribution >= 0.6 is 11.8 Å². The smallest absolute Gasteiger partial charge is 0.154 e. The molecule has 0 radical (unpaired) electrons. The SMILES string of the molecule is CCSC(N)=NCc1ccccc1OC. The highest BCUT2D eigenvalue weighted by molar-refractivity contribution is 8.13. The second-order valence-electron chi connectivity index (χ2n) is 2.90. The topological polar surface area (TPSA) is 47.6 Å². The summed E-state index contributed by atoms with van der Waals surface area (Å²) in [6.07, 6.45) is 0. The van der Waals surface area contributed by atoms with Crippen molar-refractivity contribution in [2.75, 3.05) is 12.9 Å². The number of benzene rings is 1. The first-order chi connectivity index (χ1) is 7.27. The largest absolute Gasteiger partial charge is 0.496 e. The fourth-order valence-corrected chi connectivity index (χ4v) is 1.64. The first-order valence-corrected chi connectivity index (χ1v) is 5.81. The lowest BCUT2D eigenvalue weighted by Gasteiger charge is -2.05. The third-order valence-electron chi connectivity index (χ3n) is 1.89. The summed E-state index contributed by atoms with van der Waals surface area (Å²) < 4.78 is 5.22. The van der Waals surface area contributed by atoms with Gasteiger partial charge in [-0.25, -0.2) is 0 Å². The van der Waals surface area contributed by atoms with Gasteiger partial charge < -0.3 is 10.5 Å². The molecule has 0 aliphatic rings. The van der Waals surface area contributed by atoms with Crippen molar-refractivity contribution in [3.63, 3.8) is 0 Å². The molecule has 1 aromatic carbocycles. The average molecular weight is 224 g/mol. The average Bonchev–Trinajstić information content (AvgIpc) is 2.27. The van der Waals surface area contributed by atoms with Crippen molar-refractivity contribution in [2.45, 2.75) is 13.5 Å². The van der Waals surface area contributed by atoms with Crippen molar-refractivity contribution in [3.8, 4) is 5.75 Å². The van der Waals surface area contributed by atoms with Gasteiger partial charge in [-0.2, -0.15) is 0 Å². The zero-order valence-corrected chi connectivity index (χ0v) is 9.88. The van der Waals surface area contributed by atoms with Crippen LogP contribution in [0, 0.1) is 0 Å². The summed E-state index contributed by atoms with van der Waals surface area (Å²) in [4.78, 5) is 4.27. The zero-order chi connectivity index (χ0) is 11.1. The van der Waals surface area contributed by atoms with Crippen LogP contribution in [-0.2, 0) is 6.54 Å². The molecule has 0 saturated heterocycles. The van der Waals surface area contributed by atoms with E-state index < -0.39 is 0 Å². The van der Waals surface area contributed by atoms with E-state index in [4.69, 9.17) is 10.5 Å². The van der Waals surface area contributed by atoms with E-state index in [-0.39, 0.29) is 0 Å². The Labute approximate surface area is 94.7 Å². The van der Waals surface area contributed by atoms with Gasteiger partial charge in [-0.05, 0) is 11.8 Å². The number of nitrogens with zero attached hydrogens (tertiary/aromatic N) is 1. The van der Waals surface area contributed by atoms with E-state index in [1.807, 2.05) is 24.3 Å². The lowest BCUT2D eigenvalue weighted by molar-refractivity contribution is 0.410. The number of aliphatic imine (C=N–C) groups is 1. The normalized spacial score (nSPS) is 11.5. The molecule has 0 heterocycles. The number of methoxy groups -OCH3 is 1. The monoisotopic (exact) mass is 224 g/mol. The number of para-hydroxylation sites is 1. The van der Waals surface area contributed by atoms with Crippen molar-refractivity contribution in [3.05, 3.63) is 29.8 Å². The van der Waals surface area contributed by atoms with Crippen molar-refractivity contribution in [2.24, 2.45) is 10.7 Å². The van der Waals surface area contributed by atoms with Crippen LogP contribution in [0.1, 0.15) is 12.5 Å². The molecule has 0 atom stereocenters. The molecule has 0 aliphatic heterocycles. The van der Waals surface area contributed by atoms with Gasteiger partial charge in [0, 0.05) is 5.56 Å². The summed E-state index contributed by atoms with van der Waals surface area (Å²) >= 11 is 1.55. The van der Waals surface area contributed by atoms with Crippen LogP contribution in [0.15, 0.2) is 29.3 Å². The van der Waals surface area contributed by atoms with E-state index in [9.17, 15) is 0 Å². The van der Waals surface area contributed by atoms with E-state index >= 15 is 0 Å². The molecule has 1 aromatic rings. The molecular formula is C11H16N2OS. The fourth-order valence-electron chi connectivity index (χ4n) is 1.19. The third-order valence-corrected chi connectivity index (χ3v) is 2.60. The van der Waals surface area contributed by atoms with Gasteiger partial charge in [0.05, 0.1) is 13.7 Å². The Morgan fingerprint density at radius 2 is 2.20 bits per heavy atom. The minimum absolute atomic E-state index is 0.572. The second kappa shape index (κ2) is 6.35. The third kappa shape index (κ3) is 3.83. The standard InChI is InChI=1S/C11H16N2OS/c1-3-15-11(12)13-8-9-6-4-5-7-10(9)14-2/h4-7H,3,8H2,1-2H3,(H2,12,13). The molecule has 0 bridgehead atoms. The highest BCUT2D eigenvalue weighted by atomic mass is 32.2. The maximum atomic E-state index is 5.70. The Morgan fingerprint density at radius 3 is 2.87 bits per heavy atom. The van der Waals surface area contributed by atoms with Crippen LogP contribution in [0.25, 0.3) is 0 Å². The molecule has 1 rings (SSSR count). The Bertz CT molecular complexity index is 339. The highest BCUT2D eigenvalue weighted by Gasteiger charge is 2.00. The summed E-state index contributed by atoms with van der Waals surface area (Å²) in [5, 5.41) is 0.628.